The molecule has 1 aliphatic rings. The second kappa shape index (κ2) is 11.6. The number of ether oxygens (including phenoxy) is 1. The highest BCUT2D eigenvalue weighted by atomic mass is 32.2. The fraction of sp³-hybridized carbons (Fsp3) is 0.462. The van der Waals surface area contributed by atoms with Crippen molar-refractivity contribution in [2.75, 3.05) is 33.5 Å². The number of thiophene rings is 1. The number of aromatic nitrogens is 2. The standard InChI is InChI=1S/C26H32N4O5S3/c1-18-24(21(31)17-38(33,34)29(2)3)28-23(37-18)15-30(12-5-6-19-9-13-36-16-19)25(32)26(10-11-26)22-8-7-20(35-4)14-27-22/h7-9,13-14,16H,5-6,10-12,15,17H2,1-4H3. The van der Waals surface area contributed by atoms with Gasteiger partial charge in [-0.25, -0.2) is 17.7 Å². The van der Waals surface area contributed by atoms with E-state index in [0.717, 1.165) is 35.7 Å². The van der Waals surface area contributed by atoms with E-state index >= 15 is 0 Å². The molecule has 204 valence electrons. The van der Waals surface area contributed by atoms with Crippen LogP contribution in [0.1, 0.15) is 50.9 Å². The number of nitrogens with zero attached hydrogens (tertiary/aromatic N) is 4. The summed E-state index contributed by atoms with van der Waals surface area (Å²) in [5.41, 5.74) is 1.45. The molecule has 0 bridgehead atoms. The summed E-state index contributed by atoms with van der Waals surface area (Å²) in [7, 11) is 0.669. The topological polar surface area (TPSA) is 110 Å². The van der Waals surface area contributed by atoms with Crippen molar-refractivity contribution in [3.05, 3.63) is 62.0 Å². The lowest BCUT2D eigenvalue weighted by atomic mass is 9.99. The Morgan fingerprint density at radius 2 is 1.95 bits per heavy atom. The monoisotopic (exact) mass is 576 g/mol. The van der Waals surface area contributed by atoms with Gasteiger partial charge in [0.2, 0.25) is 15.9 Å². The average molecular weight is 577 g/mol. The van der Waals surface area contributed by atoms with E-state index in [4.69, 9.17) is 4.74 Å². The molecule has 1 saturated carbocycles. The molecule has 0 unspecified atom stereocenters. The first kappa shape index (κ1) is 28.3. The van der Waals surface area contributed by atoms with Gasteiger partial charge in [0, 0.05) is 25.5 Å². The molecule has 3 heterocycles. The highest BCUT2D eigenvalue weighted by Gasteiger charge is 2.54. The van der Waals surface area contributed by atoms with Crippen molar-refractivity contribution in [1.29, 1.82) is 0 Å². The predicted molar refractivity (Wildman–Crippen MR) is 148 cm³/mol. The molecule has 0 spiro atoms. The van der Waals surface area contributed by atoms with Gasteiger partial charge in [0.1, 0.15) is 22.2 Å². The zero-order valence-electron chi connectivity index (χ0n) is 22.0. The number of ketones is 1. The van der Waals surface area contributed by atoms with Crippen molar-refractivity contribution in [2.24, 2.45) is 0 Å². The van der Waals surface area contributed by atoms with Crippen molar-refractivity contribution in [2.45, 2.75) is 44.6 Å². The molecular formula is C26H32N4O5S3. The van der Waals surface area contributed by atoms with Gasteiger partial charge >= 0.3 is 0 Å². The fourth-order valence-corrected chi connectivity index (χ4v) is 6.65. The molecule has 1 amide bonds. The van der Waals surface area contributed by atoms with E-state index < -0.39 is 27.0 Å². The fourth-order valence-electron chi connectivity index (χ4n) is 4.26. The minimum absolute atomic E-state index is 0.00333. The smallest absolute Gasteiger partial charge is 0.235 e. The first-order valence-electron chi connectivity index (χ1n) is 12.3. The first-order chi connectivity index (χ1) is 18.1. The van der Waals surface area contributed by atoms with Gasteiger partial charge in [0.25, 0.3) is 0 Å². The van der Waals surface area contributed by atoms with E-state index in [2.05, 4.69) is 21.4 Å². The molecule has 4 rings (SSSR count). The summed E-state index contributed by atoms with van der Waals surface area (Å²) < 4.78 is 30.7. The Bertz CT molecular complexity index is 1380. The van der Waals surface area contributed by atoms with Crippen LogP contribution >= 0.6 is 22.7 Å². The maximum absolute atomic E-state index is 13.9. The zero-order chi connectivity index (χ0) is 27.5. The summed E-state index contributed by atoms with van der Waals surface area (Å²) in [6.07, 6.45) is 4.70. The molecule has 0 aromatic carbocycles. The number of carbonyl (C=O) groups is 2. The van der Waals surface area contributed by atoms with Gasteiger partial charge in [-0.05, 0) is 67.1 Å². The predicted octanol–water partition coefficient (Wildman–Crippen LogP) is 3.68. The number of sulfonamides is 1. The van der Waals surface area contributed by atoms with E-state index in [1.165, 1.54) is 31.0 Å². The molecule has 0 saturated heterocycles. The number of thiazole rings is 1. The molecule has 3 aromatic rings. The highest BCUT2D eigenvalue weighted by Crippen LogP contribution is 2.49. The van der Waals surface area contributed by atoms with Crippen LogP contribution in [-0.2, 0) is 33.2 Å². The summed E-state index contributed by atoms with van der Waals surface area (Å²) >= 11 is 2.97. The third kappa shape index (κ3) is 6.31. The third-order valence-corrected chi connectivity index (χ3v) is 10.1. The van der Waals surface area contributed by atoms with Crippen molar-refractivity contribution in [1.82, 2.24) is 19.2 Å². The maximum atomic E-state index is 13.9. The molecule has 9 nitrogen and oxygen atoms in total. The van der Waals surface area contributed by atoms with E-state index in [9.17, 15) is 18.0 Å². The Hall–Kier alpha value is -2.67. The van der Waals surface area contributed by atoms with Crippen LogP contribution in [0.4, 0.5) is 0 Å². The second-order valence-corrected chi connectivity index (χ2v) is 13.9. The van der Waals surface area contributed by atoms with Crippen LogP contribution in [0.3, 0.4) is 0 Å². The molecule has 1 aliphatic carbocycles. The minimum Gasteiger partial charge on any atom is -0.495 e. The maximum Gasteiger partial charge on any atom is 0.235 e. The molecule has 12 heteroatoms. The highest BCUT2D eigenvalue weighted by molar-refractivity contribution is 7.89. The van der Waals surface area contributed by atoms with Crippen molar-refractivity contribution < 1.29 is 22.7 Å². The van der Waals surface area contributed by atoms with Gasteiger partial charge in [0.05, 0.1) is 31.0 Å². The van der Waals surface area contributed by atoms with Crippen LogP contribution in [-0.4, -0.2) is 72.8 Å². The largest absolute Gasteiger partial charge is 0.495 e. The Morgan fingerprint density at radius 1 is 1.18 bits per heavy atom. The van der Waals surface area contributed by atoms with Gasteiger partial charge in [-0.2, -0.15) is 11.3 Å². The summed E-state index contributed by atoms with van der Waals surface area (Å²) in [6.45, 7) is 2.53. The quantitative estimate of drug-likeness (QED) is 0.286. The summed E-state index contributed by atoms with van der Waals surface area (Å²) in [4.78, 5) is 38.2. The van der Waals surface area contributed by atoms with Gasteiger partial charge in [-0.1, -0.05) is 0 Å². The molecule has 1 fully saturated rings. The second-order valence-electron chi connectivity index (χ2n) is 9.60. The van der Waals surface area contributed by atoms with E-state index in [1.54, 1.807) is 31.6 Å². The Kier molecular flexibility index (Phi) is 8.65. The molecule has 0 aliphatic heterocycles. The van der Waals surface area contributed by atoms with Crippen LogP contribution in [0.15, 0.2) is 35.2 Å². The van der Waals surface area contributed by atoms with Crippen molar-refractivity contribution in [3.8, 4) is 5.75 Å². The normalized spacial score (nSPS) is 14.4. The number of hydrogen-bond donors (Lipinski definition) is 0. The van der Waals surface area contributed by atoms with Gasteiger partial charge in [-0.15, -0.1) is 11.3 Å². The summed E-state index contributed by atoms with van der Waals surface area (Å²) in [5.74, 6) is -0.553. The number of pyridine rings is 1. The number of rotatable bonds is 13. The number of hydrogen-bond acceptors (Lipinski definition) is 9. The Balaban J connectivity index is 1.55. The molecule has 0 atom stereocenters. The summed E-state index contributed by atoms with van der Waals surface area (Å²) in [6, 6.07) is 5.76. The van der Waals surface area contributed by atoms with Crippen LogP contribution in [0.2, 0.25) is 0 Å². The van der Waals surface area contributed by atoms with Gasteiger partial charge in [-0.3, -0.25) is 14.6 Å². The average Bonchev–Trinajstić information content (AvgIpc) is 3.36. The third-order valence-electron chi connectivity index (χ3n) is 6.68. The van der Waals surface area contributed by atoms with Crippen molar-refractivity contribution >= 4 is 44.4 Å². The Morgan fingerprint density at radius 3 is 2.53 bits per heavy atom. The van der Waals surface area contributed by atoms with Crippen molar-refractivity contribution in [3.63, 3.8) is 0 Å². The van der Waals surface area contributed by atoms with Gasteiger partial charge < -0.3 is 9.64 Å². The van der Waals surface area contributed by atoms with E-state index in [1.807, 2.05) is 22.4 Å². The van der Waals surface area contributed by atoms with E-state index in [0.29, 0.717) is 22.2 Å². The van der Waals surface area contributed by atoms with Crippen LogP contribution < -0.4 is 4.74 Å². The first-order valence-corrected chi connectivity index (χ1v) is 15.6. The lowest BCUT2D eigenvalue weighted by molar-refractivity contribution is -0.134. The number of amides is 1. The van der Waals surface area contributed by atoms with Crippen LogP contribution in [0, 0.1) is 6.92 Å². The molecular weight excluding hydrogens is 545 g/mol. The number of methoxy groups -OCH3 is 1. The molecule has 3 aromatic heterocycles. The minimum atomic E-state index is -3.70. The van der Waals surface area contributed by atoms with Crippen LogP contribution in [0.25, 0.3) is 0 Å². The number of carbonyl (C=O) groups excluding carboxylic acids is 2. The van der Waals surface area contributed by atoms with E-state index in [-0.39, 0.29) is 18.1 Å². The Labute approximate surface area is 231 Å². The van der Waals surface area contributed by atoms with Crippen LogP contribution in [0.5, 0.6) is 5.75 Å². The lowest BCUT2D eigenvalue weighted by Gasteiger charge is -2.26. The van der Waals surface area contributed by atoms with Gasteiger partial charge in [0.15, 0.2) is 5.78 Å². The molecule has 0 radical (unpaired) electrons. The number of Topliss-reactive ketones (excluding diaryl/α,β-unsaturated/α-hetero) is 1. The zero-order valence-corrected chi connectivity index (χ0v) is 24.4. The summed E-state index contributed by atoms with van der Waals surface area (Å²) in [5, 5.41) is 4.76. The lowest BCUT2D eigenvalue weighted by Crippen LogP contribution is -2.40. The molecule has 38 heavy (non-hydrogen) atoms. The SMILES string of the molecule is COc1ccc(C2(C(=O)N(CCCc3ccsc3)Cc3nc(C(=O)CS(=O)(=O)N(C)C)c(C)s3)CC2)nc1. The number of aryl methyl sites for hydroxylation is 2. The molecule has 0 N–H and O–H groups in total.